The Morgan fingerprint density at radius 3 is 2.18 bits per heavy atom. The molecule has 0 aromatic carbocycles. The Morgan fingerprint density at radius 1 is 1.24 bits per heavy atom. The highest BCUT2D eigenvalue weighted by atomic mass is 29.2. The molecule has 0 saturated carbocycles. The Morgan fingerprint density at radius 2 is 1.76 bits per heavy atom. The number of hydrogen-bond donors (Lipinski definition) is 0. The van der Waals surface area contributed by atoms with Gasteiger partial charge in [0, 0.05) is 26.9 Å². The lowest BCUT2D eigenvalue weighted by molar-refractivity contribution is -0.138. The monoisotopic (exact) mass is 278 g/mol. The normalized spacial score (nSPS) is 12.0. The van der Waals surface area contributed by atoms with Gasteiger partial charge in [-0.05, 0) is 13.3 Å². The van der Waals surface area contributed by atoms with Gasteiger partial charge in [0.25, 0.3) is 0 Å². The van der Waals surface area contributed by atoms with Crippen LogP contribution < -0.4 is 0 Å². The molecule has 0 fully saturated rings. The smallest absolute Gasteiger partial charge is 0.461 e. The van der Waals surface area contributed by atoms with Gasteiger partial charge in [-0.25, -0.2) is 4.79 Å². The van der Waals surface area contributed by atoms with Crippen LogP contribution in [0.5, 0.6) is 0 Å². The summed E-state index contributed by atoms with van der Waals surface area (Å²) in [5, 5.41) is 0. The van der Waals surface area contributed by atoms with E-state index in [0.29, 0.717) is 12.2 Å². The molecule has 0 aliphatic carbocycles. The minimum atomic E-state index is -2.34. The van der Waals surface area contributed by atoms with Crippen molar-refractivity contribution in [2.75, 3.05) is 27.9 Å². The second-order valence-corrected chi connectivity index (χ2v) is 11.6. The van der Waals surface area contributed by atoms with Crippen molar-refractivity contribution in [3.63, 3.8) is 0 Å². The van der Waals surface area contributed by atoms with Crippen LogP contribution in [0, 0.1) is 0 Å². The second kappa shape index (κ2) is 8.59. The SMILES string of the molecule is C=C(C)C(=O)OCCC[SiH2][Si](OC)(OC)OC. The van der Waals surface area contributed by atoms with E-state index in [9.17, 15) is 4.79 Å². The van der Waals surface area contributed by atoms with Crippen LogP contribution in [-0.2, 0) is 22.8 Å². The fourth-order valence-corrected chi connectivity index (χ4v) is 7.17. The van der Waals surface area contributed by atoms with Gasteiger partial charge in [0.15, 0.2) is 0 Å². The van der Waals surface area contributed by atoms with Crippen LogP contribution >= 0.6 is 0 Å². The topological polar surface area (TPSA) is 54.0 Å². The van der Waals surface area contributed by atoms with Crippen molar-refractivity contribution >= 4 is 23.3 Å². The third kappa shape index (κ3) is 6.13. The summed E-state index contributed by atoms with van der Waals surface area (Å²) in [5.41, 5.74) is 0.427. The van der Waals surface area contributed by atoms with Crippen molar-refractivity contribution in [1.82, 2.24) is 0 Å². The number of hydrogen-bond acceptors (Lipinski definition) is 5. The molecule has 0 unspecified atom stereocenters. The number of ether oxygens (including phenoxy) is 1. The van der Waals surface area contributed by atoms with E-state index in [1.165, 1.54) is 0 Å². The summed E-state index contributed by atoms with van der Waals surface area (Å²) in [7, 11) is 1.93. The lowest BCUT2D eigenvalue weighted by atomic mass is 10.4. The molecule has 0 aliphatic heterocycles. The quantitative estimate of drug-likeness (QED) is 0.265. The predicted molar refractivity (Wildman–Crippen MR) is 70.5 cm³/mol. The highest BCUT2D eigenvalue weighted by Crippen LogP contribution is 2.07. The summed E-state index contributed by atoms with van der Waals surface area (Å²) in [6.45, 7) is 5.57. The zero-order valence-corrected chi connectivity index (χ0v) is 13.5. The van der Waals surface area contributed by atoms with Gasteiger partial charge >= 0.3 is 14.3 Å². The highest BCUT2D eigenvalue weighted by Gasteiger charge is 2.36. The Balaban J connectivity index is 3.76. The van der Waals surface area contributed by atoms with Crippen molar-refractivity contribution < 1.29 is 22.8 Å². The Hall–Kier alpha value is -0.476. The van der Waals surface area contributed by atoms with Gasteiger partial charge in [-0.1, -0.05) is 12.6 Å². The van der Waals surface area contributed by atoms with Gasteiger partial charge in [-0.15, -0.1) is 0 Å². The van der Waals surface area contributed by atoms with Crippen LogP contribution in [0.1, 0.15) is 13.3 Å². The third-order valence-electron chi connectivity index (χ3n) is 2.39. The zero-order valence-electron chi connectivity index (χ0n) is 11.1. The number of esters is 1. The molecule has 0 heterocycles. The molecule has 0 aliphatic rings. The summed E-state index contributed by atoms with van der Waals surface area (Å²) >= 11 is 0. The van der Waals surface area contributed by atoms with E-state index in [2.05, 4.69) is 6.58 Å². The number of carbonyl (C=O) groups excluding carboxylic acids is 1. The molecule has 100 valence electrons. The van der Waals surface area contributed by atoms with Gasteiger partial charge in [0.05, 0.1) is 6.61 Å². The molecule has 0 rings (SSSR count). The van der Waals surface area contributed by atoms with E-state index in [-0.39, 0.29) is 5.97 Å². The largest absolute Gasteiger partial charge is 0.462 e. The lowest BCUT2D eigenvalue weighted by Gasteiger charge is -2.24. The summed E-state index contributed by atoms with van der Waals surface area (Å²) in [6.07, 6.45) is 0.816. The predicted octanol–water partition coefficient (Wildman–Crippen LogP) is 0.458. The first kappa shape index (κ1) is 16.5. The second-order valence-electron chi connectivity index (χ2n) is 3.67. The molecule has 17 heavy (non-hydrogen) atoms. The van der Waals surface area contributed by atoms with E-state index in [1.54, 1.807) is 28.3 Å². The Labute approximate surface area is 106 Å². The van der Waals surface area contributed by atoms with Crippen LogP contribution in [0.4, 0.5) is 0 Å². The molecule has 0 atom stereocenters. The first-order valence-corrected chi connectivity index (χ1v) is 10.5. The molecule has 0 bridgehead atoms. The van der Waals surface area contributed by atoms with Gasteiger partial charge < -0.3 is 18.0 Å². The van der Waals surface area contributed by atoms with Crippen molar-refractivity contribution in [2.45, 2.75) is 19.4 Å². The van der Waals surface area contributed by atoms with Gasteiger partial charge in [-0.2, -0.15) is 0 Å². The molecular formula is C10H22O5Si2. The van der Waals surface area contributed by atoms with Gasteiger partial charge in [-0.3, -0.25) is 0 Å². The minimum absolute atomic E-state index is 0.333. The van der Waals surface area contributed by atoms with Crippen LogP contribution in [-0.4, -0.2) is 51.3 Å². The number of carbonyl (C=O) groups is 1. The summed E-state index contributed by atoms with van der Waals surface area (Å²) in [5.74, 6) is -0.333. The third-order valence-corrected chi connectivity index (χ3v) is 11.2. The van der Waals surface area contributed by atoms with E-state index in [0.717, 1.165) is 12.5 Å². The Kier molecular flexibility index (Phi) is 8.35. The number of rotatable bonds is 9. The zero-order chi connectivity index (χ0) is 13.3. The Bertz CT molecular complexity index is 245. The minimum Gasteiger partial charge on any atom is -0.462 e. The molecule has 0 aromatic rings. The summed E-state index contributed by atoms with van der Waals surface area (Å²) in [6, 6.07) is 0.964. The van der Waals surface area contributed by atoms with E-state index >= 15 is 0 Å². The van der Waals surface area contributed by atoms with Gasteiger partial charge in [0.1, 0.15) is 9.04 Å². The van der Waals surface area contributed by atoms with Crippen molar-refractivity contribution in [3.05, 3.63) is 12.2 Å². The fourth-order valence-electron chi connectivity index (χ4n) is 1.29. The van der Waals surface area contributed by atoms with E-state index < -0.39 is 17.4 Å². The maximum Gasteiger partial charge on any atom is 0.461 e. The van der Waals surface area contributed by atoms with E-state index in [4.69, 9.17) is 18.0 Å². The molecule has 0 saturated heterocycles. The van der Waals surface area contributed by atoms with Crippen LogP contribution in [0.3, 0.4) is 0 Å². The summed E-state index contributed by atoms with van der Waals surface area (Å²) in [4.78, 5) is 11.1. The molecular weight excluding hydrogens is 256 g/mol. The van der Waals surface area contributed by atoms with Gasteiger partial charge in [0.2, 0.25) is 0 Å². The van der Waals surface area contributed by atoms with Crippen molar-refractivity contribution in [1.29, 1.82) is 0 Å². The fraction of sp³-hybridized carbons (Fsp3) is 0.700. The molecule has 0 N–H and O–H groups in total. The average molecular weight is 278 g/mol. The van der Waals surface area contributed by atoms with Crippen LogP contribution in [0.2, 0.25) is 6.04 Å². The molecule has 0 amide bonds. The first-order chi connectivity index (χ1) is 8.01. The molecule has 0 spiro atoms. The first-order valence-electron chi connectivity index (χ1n) is 5.49. The highest BCUT2D eigenvalue weighted by molar-refractivity contribution is 7.14. The molecule has 0 aromatic heterocycles. The van der Waals surface area contributed by atoms with Crippen molar-refractivity contribution in [2.24, 2.45) is 0 Å². The maximum atomic E-state index is 11.1. The van der Waals surface area contributed by atoms with E-state index in [1.807, 2.05) is 0 Å². The van der Waals surface area contributed by atoms with Crippen molar-refractivity contribution in [3.8, 4) is 0 Å². The standard InChI is InChI=1S/C10H22O5Si2/c1-9(2)10(11)15-7-6-8-16-17(12-3,13-4)14-5/h1,6-8,16H2,2-5H3. The molecule has 7 heteroatoms. The maximum absolute atomic E-state index is 11.1. The van der Waals surface area contributed by atoms with Crippen LogP contribution in [0.15, 0.2) is 12.2 Å². The molecule has 0 radical (unpaired) electrons. The lowest BCUT2D eigenvalue weighted by Crippen LogP contribution is -2.49. The molecule has 5 nitrogen and oxygen atoms in total. The summed E-state index contributed by atoms with van der Waals surface area (Å²) < 4.78 is 21.0. The average Bonchev–Trinajstić information content (AvgIpc) is 2.34. The van der Waals surface area contributed by atoms with Crippen LogP contribution in [0.25, 0.3) is 0 Å².